The Morgan fingerprint density at radius 2 is 1.61 bits per heavy atom. The minimum Gasteiger partial charge on any atom is -0.416 e. The van der Waals surface area contributed by atoms with Crippen molar-refractivity contribution in [2.75, 3.05) is 5.32 Å². The Hall–Kier alpha value is -4.26. The predicted octanol–water partition coefficient (Wildman–Crippen LogP) is 3.99. The highest BCUT2D eigenvalue weighted by Gasteiger charge is 2.13. The number of hydrogen-bond acceptors (Lipinski definition) is 5. The zero-order valence-electron chi connectivity index (χ0n) is 16.8. The molecule has 0 fully saturated rings. The second-order valence-corrected chi connectivity index (χ2v) is 7.11. The highest BCUT2D eigenvalue weighted by Crippen LogP contribution is 2.25. The van der Waals surface area contributed by atoms with Gasteiger partial charge in [-0.05, 0) is 55.0 Å². The third kappa shape index (κ3) is 4.67. The van der Waals surface area contributed by atoms with Crippen LogP contribution in [0.3, 0.4) is 0 Å². The van der Waals surface area contributed by atoms with E-state index in [1.165, 1.54) is 0 Å². The first-order valence-corrected chi connectivity index (χ1v) is 9.68. The van der Waals surface area contributed by atoms with E-state index in [-0.39, 0.29) is 12.3 Å². The lowest BCUT2D eigenvalue weighted by Crippen LogP contribution is -2.17. The van der Waals surface area contributed by atoms with Crippen molar-refractivity contribution < 1.29 is 14.0 Å². The SMILES string of the molecule is Cc1cccc(-c2nnc(-c3ccc(C(=O)Nc4ccccc4CC(N)=O)cc3)o2)c1. The largest absolute Gasteiger partial charge is 0.416 e. The van der Waals surface area contributed by atoms with Gasteiger partial charge in [0, 0.05) is 22.4 Å². The number of carbonyl (C=O) groups is 2. The number of primary amides is 1. The second-order valence-electron chi connectivity index (χ2n) is 7.11. The minimum atomic E-state index is -0.462. The first-order chi connectivity index (χ1) is 15.0. The minimum absolute atomic E-state index is 0.0514. The Morgan fingerprint density at radius 1 is 0.903 bits per heavy atom. The lowest BCUT2D eigenvalue weighted by Gasteiger charge is -2.10. The number of aromatic nitrogens is 2. The molecule has 0 saturated heterocycles. The fourth-order valence-corrected chi connectivity index (χ4v) is 3.18. The number of hydrogen-bond donors (Lipinski definition) is 2. The third-order valence-electron chi connectivity index (χ3n) is 4.71. The predicted molar refractivity (Wildman–Crippen MR) is 117 cm³/mol. The van der Waals surface area contributed by atoms with E-state index >= 15 is 0 Å². The highest BCUT2D eigenvalue weighted by molar-refractivity contribution is 6.05. The Morgan fingerprint density at radius 3 is 2.32 bits per heavy atom. The van der Waals surface area contributed by atoms with Gasteiger partial charge < -0.3 is 15.5 Å². The molecule has 31 heavy (non-hydrogen) atoms. The molecule has 3 aromatic carbocycles. The summed E-state index contributed by atoms with van der Waals surface area (Å²) in [6, 6.07) is 21.7. The third-order valence-corrected chi connectivity index (χ3v) is 4.71. The molecule has 4 rings (SSSR count). The summed E-state index contributed by atoms with van der Waals surface area (Å²) in [5.74, 6) is 0.0481. The number of benzene rings is 3. The number of nitrogens with two attached hydrogens (primary N) is 1. The number of aryl methyl sites for hydroxylation is 1. The van der Waals surface area contributed by atoms with Gasteiger partial charge in [0.15, 0.2) is 0 Å². The van der Waals surface area contributed by atoms with Crippen molar-refractivity contribution in [3.63, 3.8) is 0 Å². The van der Waals surface area contributed by atoms with Crippen LogP contribution in [0.25, 0.3) is 22.9 Å². The number of para-hydroxylation sites is 1. The maximum atomic E-state index is 12.6. The van der Waals surface area contributed by atoms with Crippen molar-refractivity contribution in [3.05, 3.63) is 89.5 Å². The van der Waals surface area contributed by atoms with Gasteiger partial charge in [-0.25, -0.2) is 0 Å². The lowest BCUT2D eigenvalue weighted by atomic mass is 10.1. The molecular weight excluding hydrogens is 392 g/mol. The normalized spacial score (nSPS) is 10.6. The molecule has 0 atom stereocenters. The maximum Gasteiger partial charge on any atom is 0.255 e. The van der Waals surface area contributed by atoms with Gasteiger partial charge in [0.25, 0.3) is 5.91 Å². The van der Waals surface area contributed by atoms with E-state index in [0.29, 0.717) is 34.2 Å². The summed E-state index contributed by atoms with van der Waals surface area (Å²) >= 11 is 0. The molecule has 0 bridgehead atoms. The van der Waals surface area contributed by atoms with Gasteiger partial charge in [-0.15, -0.1) is 10.2 Å². The van der Waals surface area contributed by atoms with E-state index in [4.69, 9.17) is 10.2 Å². The van der Waals surface area contributed by atoms with E-state index < -0.39 is 5.91 Å². The van der Waals surface area contributed by atoms with Crippen molar-refractivity contribution >= 4 is 17.5 Å². The summed E-state index contributed by atoms with van der Waals surface area (Å²) < 4.78 is 5.79. The van der Waals surface area contributed by atoms with E-state index in [1.807, 2.05) is 31.2 Å². The number of amides is 2. The molecule has 3 N–H and O–H groups in total. The van der Waals surface area contributed by atoms with Gasteiger partial charge in [0.05, 0.1) is 6.42 Å². The van der Waals surface area contributed by atoms with E-state index in [0.717, 1.165) is 11.1 Å². The molecule has 154 valence electrons. The van der Waals surface area contributed by atoms with Gasteiger partial charge >= 0.3 is 0 Å². The van der Waals surface area contributed by atoms with Gasteiger partial charge in [-0.3, -0.25) is 9.59 Å². The van der Waals surface area contributed by atoms with Crippen molar-refractivity contribution in [1.29, 1.82) is 0 Å². The van der Waals surface area contributed by atoms with Crippen molar-refractivity contribution in [2.45, 2.75) is 13.3 Å². The van der Waals surface area contributed by atoms with Crippen molar-refractivity contribution in [1.82, 2.24) is 10.2 Å². The quantitative estimate of drug-likeness (QED) is 0.497. The average Bonchev–Trinajstić information content (AvgIpc) is 3.25. The number of nitrogens with one attached hydrogen (secondary N) is 1. The van der Waals surface area contributed by atoms with Gasteiger partial charge in [0.1, 0.15) is 0 Å². The Kier molecular flexibility index (Phi) is 5.57. The zero-order chi connectivity index (χ0) is 21.8. The Labute approximate surface area is 178 Å². The summed E-state index contributed by atoms with van der Waals surface area (Å²) in [6.45, 7) is 2.00. The van der Waals surface area contributed by atoms with E-state index in [9.17, 15) is 9.59 Å². The van der Waals surface area contributed by atoms with Crippen LogP contribution in [0.5, 0.6) is 0 Å². The molecule has 2 amide bonds. The molecule has 0 aliphatic heterocycles. The molecule has 4 aromatic rings. The maximum absolute atomic E-state index is 12.6. The molecule has 0 radical (unpaired) electrons. The first kappa shape index (κ1) is 20.0. The molecule has 0 spiro atoms. The van der Waals surface area contributed by atoms with Crippen LogP contribution in [0.1, 0.15) is 21.5 Å². The number of rotatable bonds is 6. The number of nitrogens with zero attached hydrogens (tertiary/aromatic N) is 2. The fourth-order valence-electron chi connectivity index (χ4n) is 3.18. The van der Waals surface area contributed by atoms with Crippen LogP contribution in [0.15, 0.2) is 77.2 Å². The lowest BCUT2D eigenvalue weighted by molar-refractivity contribution is -0.117. The Bertz CT molecular complexity index is 1250. The summed E-state index contributed by atoms with van der Waals surface area (Å²) in [7, 11) is 0. The number of anilines is 1. The summed E-state index contributed by atoms with van der Waals surface area (Å²) in [6.07, 6.45) is 0.0514. The van der Waals surface area contributed by atoms with Crippen LogP contribution < -0.4 is 11.1 Å². The van der Waals surface area contributed by atoms with Crippen LogP contribution in [0.4, 0.5) is 5.69 Å². The smallest absolute Gasteiger partial charge is 0.255 e. The van der Waals surface area contributed by atoms with Crippen molar-refractivity contribution in [3.8, 4) is 22.9 Å². The van der Waals surface area contributed by atoms with Crippen LogP contribution in [-0.2, 0) is 11.2 Å². The monoisotopic (exact) mass is 412 g/mol. The molecule has 7 nitrogen and oxygen atoms in total. The van der Waals surface area contributed by atoms with Crippen LogP contribution >= 0.6 is 0 Å². The fraction of sp³-hybridized carbons (Fsp3) is 0.0833. The summed E-state index contributed by atoms with van der Waals surface area (Å²) in [4.78, 5) is 23.9. The van der Waals surface area contributed by atoms with Crippen LogP contribution in [0.2, 0.25) is 0 Å². The molecular formula is C24H20N4O3. The van der Waals surface area contributed by atoms with Crippen LogP contribution in [-0.4, -0.2) is 22.0 Å². The molecule has 0 aliphatic rings. The highest BCUT2D eigenvalue weighted by atomic mass is 16.4. The zero-order valence-corrected chi connectivity index (χ0v) is 16.8. The average molecular weight is 412 g/mol. The summed E-state index contributed by atoms with van der Waals surface area (Å²) in [5.41, 5.74) is 9.61. The number of carbonyl (C=O) groups excluding carboxylic acids is 2. The molecule has 0 unspecified atom stereocenters. The second kappa shape index (κ2) is 8.62. The molecule has 7 heteroatoms. The van der Waals surface area contributed by atoms with E-state index in [2.05, 4.69) is 15.5 Å². The topological polar surface area (TPSA) is 111 Å². The van der Waals surface area contributed by atoms with E-state index in [1.54, 1.807) is 48.5 Å². The molecule has 1 aromatic heterocycles. The van der Waals surface area contributed by atoms with Gasteiger partial charge in [0.2, 0.25) is 17.7 Å². The first-order valence-electron chi connectivity index (χ1n) is 9.68. The molecule has 0 aliphatic carbocycles. The van der Waals surface area contributed by atoms with Gasteiger partial charge in [-0.2, -0.15) is 0 Å². The molecule has 1 heterocycles. The summed E-state index contributed by atoms with van der Waals surface area (Å²) in [5, 5.41) is 11.1. The van der Waals surface area contributed by atoms with Crippen molar-refractivity contribution in [2.24, 2.45) is 5.73 Å². The standard InChI is InChI=1S/C24H20N4O3/c1-15-5-4-7-19(13-15)24-28-27-23(31-24)17-11-9-16(10-12-17)22(30)26-20-8-3-2-6-18(20)14-21(25)29/h2-13H,14H2,1H3,(H2,25,29)(H,26,30). The Balaban J connectivity index is 1.50. The van der Waals surface area contributed by atoms with Gasteiger partial charge in [-0.1, -0.05) is 35.9 Å². The van der Waals surface area contributed by atoms with Crippen LogP contribution in [0, 0.1) is 6.92 Å². The molecule has 0 saturated carbocycles.